The molecule has 0 fully saturated rings. The normalized spacial score (nSPS) is 10.7. The Hall–Kier alpha value is -1.61. The van der Waals surface area contributed by atoms with E-state index in [0.717, 1.165) is 24.5 Å². The molecule has 0 bridgehead atoms. The number of aromatic nitrogens is 1. The molecule has 17 heavy (non-hydrogen) atoms. The van der Waals surface area contributed by atoms with Crippen LogP contribution in [-0.4, -0.2) is 11.5 Å². The van der Waals surface area contributed by atoms with E-state index in [1.807, 2.05) is 6.20 Å². The van der Waals surface area contributed by atoms with Crippen molar-refractivity contribution in [3.63, 3.8) is 0 Å². The summed E-state index contributed by atoms with van der Waals surface area (Å²) in [7, 11) is 0. The van der Waals surface area contributed by atoms with Gasteiger partial charge in [-0.1, -0.05) is 24.3 Å². The Labute approximate surface area is 102 Å². The highest BCUT2D eigenvalue weighted by Gasteiger charge is 2.04. The maximum absolute atomic E-state index is 5.59. The monoisotopic (exact) mass is 230 g/mol. The fraction of sp³-hybridized carbons (Fsp3) is 0.357. The van der Waals surface area contributed by atoms with Crippen LogP contribution in [0, 0.1) is 6.92 Å². The van der Waals surface area contributed by atoms with Gasteiger partial charge in [-0.2, -0.15) is 0 Å². The quantitative estimate of drug-likeness (QED) is 0.857. The van der Waals surface area contributed by atoms with E-state index >= 15 is 0 Å². The van der Waals surface area contributed by atoms with Crippen LogP contribution in [0.2, 0.25) is 0 Å². The number of nitrogens with two attached hydrogens (primary N) is 1. The van der Waals surface area contributed by atoms with Gasteiger partial charge in [0, 0.05) is 19.4 Å². The minimum atomic E-state index is 0.581. The minimum absolute atomic E-state index is 0.581. The van der Waals surface area contributed by atoms with Crippen molar-refractivity contribution in [3.05, 3.63) is 53.2 Å². The summed E-state index contributed by atoms with van der Waals surface area (Å²) in [5, 5.41) is 0. The van der Waals surface area contributed by atoms with Crippen LogP contribution in [0.3, 0.4) is 0 Å². The van der Waals surface area contributed by atoms with E-state index in [1.165, 1.54) is 11.1 Å². The summed E-state index contributed by atoms with van der Waals surface area (Å²) >= 11 is 0. The molecule has 0 spiro atoms. The molecular weight excluding hydrogens is 212 g/mol. The number of rotatable bonds is 5. The third-order valence-corrected chi connectivity index (χ3v) is 2.86. The second-order valence-corrected chi connectivity index (χ2v) is 4.19. The number of benzene rings is 1. The molecule has 3 nitrogen and oxygen atoms in total. The van der Waals surface area contributed by atoms with E-state index < -0.39 is 0 Å². The van der Waals surface area contributed by atoms with Crippen molar-refractivity contribution in [2.75, 3.05) is 6.54 Å². The zero-order valence-electron chi connectivity index (χ0n) is 10.1. The van der Waals surface area contributed by atoms with E-state index in [2.05, 4.69) is 36.2 Å². The first-order chi connectivity index (χ1) is 8.29. The van der Waals surface area contributed by atoms with Crippen molar-refractivity contribution < 1.29 is 4.42 Å². The lowest BCUT2D eigenvalue weighted by atomic mass is 10.0. The molecule has 3 heteroatoms. The van der Waals surface area contributed by atoms with Gasteiger partial charge in [-0.05, 0) is 24.5 Å². The second-order valence-electron chi connectivity index (χ2n) is 4.19. The summed E-state index contributed by atoms with van der Waals surface area (Å²) in [6.07, 6.45) is 4.40. The Morgan fingerprint density at radius 2 is 2.00 bits per heavy atom. The van der Waals surface area contributed by atoms with E-state index in [4.69, 9.17) is 10.2 Å². The average Bonchev–Trinajstić information content (AvgIpc) is 2.76. The van der Waals surface area contributed by atoms with Gasteiger partial charge in [-0.15, -0.1) is 0 Å². The van der Waals surface area contributed by atoms with Gasteiger partial charge in [-0.25, -0.2) is 4.98 Å². The predicted octanol–water partition coefficient (Wildman–Crippen LogP) is 2.27. The van der Waals surface area contributed by atoms with E-state index in [0.29, 0.717) is 13.0 Å². The molecule has 1 heterocycles. The van der Waals surface area contributed by atoms with Gasteiger partial charge in [0.1, 0.15) is 5.76 Å². The molecular formula is C14H18N2O. The van der Waals surface area contributed by atoms with Crippen LogP contribution in [0.5, 0.6) is 0 Å². The Balaban J connectivity index is 1.95. The lowest BCUT2D eigenvalue weighted by Crippen LogP contribution is -2.02. The summed E-state index contributed by atoms with van der Waals surface area (Å²) in [4.78, 5) is 4.19. The van der Waals surface area contributed by atoms with Crippen LogP contribution in [-0.2, 0) is 19.3 Å². The first-order valence-corrected chi connectivity index (χ1v) is 5.97. The summed E-state index contributed by atoms with van der Waals surface area (Å²) in [5.74, 6) is 1.68. The number of oxazole rings is 1. The molecule has 2 N–H and O–H groups in total. The van der Waals surface area contributed by atoms with Gasteiger partial charge in [0.15, 0.2) is 5.89 Å². The third kappa shape index (κ3) is 3.17. The Morgan fingerprint density at radius 1 is 1.18 bits per heavy atom. The number of hydrogen-bond acceptors (Lipinski definition) is 3. The number of nitrogens with zero attached hydrogens (tertiary/aromatic N) is 1. The van der Waals surface area contributed by atoms with Crippen LogP contribution in [0.4, 0.5) is 0 Å². The van der Waals surface area contributed by atoms with Crippen molar-refractivity contribution in [1.29, 1.82) is 0 Å². The first kappa shape index (κ1) is 11.9. The van der Waals surface area contributed by atoms with Crippen LogP contribution in [0.25, 0.3) is 0 Å². The minimum Gasteiger partial charge on any atom is -0.446 e. The summed E-state index contributed by atoms with van der Waals surface area (Å²) in [6.45, 7) is 2.72. The Bertz CT molecular complexity index is 477. The molecule has 90 valence electrons. The molecule has 0 saturated heterocycles. The fourth-order valence-corrected chi connectivity index (χ4v) is 1.85. The number of aryl methyl sites for hydroxylation is 3. The fourth-order valence-electron chi connectivity index (χ4n) is 1.85. The number of hydrogen-bond donors (Lipinski definition) is 1. The predicted molar refractivity (Wildman–Crippen MR) is 67.8 cm³/mol. The standard InChI is InChI=1S/C14H18N2O/c1-11-4-2-3-5-12(11)6-7-13-10-16-14(17-13)8-9-15/h2-5,10H,6-9,15H2,1H3. The maximum Gasteiger partial charge on any atom is 0.195 e. The van der Waals surface area contributed by atoms with E-state index in [1.54, 1.807) is 0 Å². The van der Waals surface area contributed by atoms with Gasteiger partial charge in [0.25, 0.3) is 0 Å². The molecule has 2 rings (SSSR count). The lowest BCUT2D eigenvalue weighted by molar-refractivity contribution is 0.455. The average molecular weight is 230 g/mol. The van der Waals surface area contributed by atoms with Crippen LogP contribution < -0.4 is 5.73 Å². The summed E-state index contributed by atoms with van der Waals surface area (Å²) < 4.78 is 5.59. The van der Waals surface area contributed by atoms with Gasteiger partial charge in [-0.3, -0.25) is 0 Å². The first-order valence-electron chi connectivity index (χ1n) is 5.97. The van der Waals surface area contributed by atoms with E-state index in [-0.39, 0.29) is 0 Å². The van der Waals surface area contributed by atoms with Crippen molar-refractivity contribution in [3.8, 4) is 0 Å². The Morgan fingerprint density at radius 3 is 2.76 bits per heavy atom. The SMILES string of the molecule is Cc1ccccc1CCc1cnc(CCN)o1. The molecule has 1 aromatic carbocycles. The second kappa shape index (κ2) is 5.64. The molecule has 2 aromatic rings. The largest absolute Gasteiger partial charge is 0.446 e. The molecule has 1 aromatic heterocycles. The lowest BCUT2D eigenvalue weighted by Gasteiger charge is -2.03. The maximum atomic E-state index is 5.59. The van der Waals surface area contributed by atoms with Crippen LogP contribution in [0.1, 0.15) is 22.8 Å². The van der Waals surface area contributed by atoms with Crippen LogP contribution >= 0.6 is 0 Å². The molecule has 0 atom stereocenters. The van der Waals surface area contributed by atoms with Crippen LogP contribution in [0.15, 0.2) is 34.9 Å². The molecule has 0 aliphatic rings. The topological polar surface area (TPSA) is 52.0 Å². The van der Waals surface area contributed by atoms with E-state index in [9.17, 15) is 0 Å². The zero-order valence-corrected chi connectivity index (χ0v) is 10.1. The zero-order chi connectivity index (χ0) is 12.1. The van der Waals surface area contributed by atoms with Gasteiger partial charge < -0.3 is 10.2 Å². The van der Waals surface area contributed by atoms with Gasteiger partial charge in [0.2, 0.25) is 0 Å². The molecule has 0 aliphatic carbocycles. The smallest absolute Gasteiger partial charge is 0.195 e. The van der Waals surface area contributed by atoms with Crippen molar-refractivity contribution in [2.45, 2.75) is 26.2 Å². The highest BCUT2D eigenvalue weighted by molar-refractivity contribution is 5.26. The molecule has 0 saturated carbocycles. The molecule has 0 amide bonds. The highest BCUT2D eigenvalue weighted by atomic mass is 16.4. The molecule has 0 aliphatic heterocycles. The van der Waals surface area contributed by atoms with Gasteiger partial charge in [0.05, 0.1) is 6.20 Å². The third-order valence-electron chi connectivity index (χ3n) is 2.86. The highest BCUT2D eigenvalue weighted by Crippen LogP contribution is 2.12. The molecule has 0 unspecified atom stereocenters. The Kier molecular flexibility index (Phi) is 3.94. The summed E-state index contributed by atoms with van der Waals surface area (Å²) in [5.41, 5.74) is 8.15. The molecule has 0 radical (unpaired) electrons. The van der Waals surface area contributed by atoms with Crippen molar-refractivity contribution >= 4 is 0 Å². The van der Waals surface area contributed by atoms with Crippen molar-refractivity contribution in [1.82, 2.24) is 4.98 Å². The van der Waals surface area contributed by atoms with Gasteiger partial charge >= 0.3 is 0 Å². The van der Waals surface area contributed by atoms with Crippen molar-refractivity contribution in [2.24, 2.45) is 5.73 Å². The summed E-state index contributed by atoms with van der Waals surface area (Å²) in [6, 6.07) is 8.43.